The van der Waals surface area contributed by atoms with Gasteiger partial charge >= 0.3 is 5.69 Å². The largest absolute Gasteiger partial charge is 0.477 e. The Morgan fingerprint density at radius 3 is 2.33 bits per heavy atom. The summed E-state index contributed by atoms with van der Waals surface area (Å²) in [5.74, 6) is -0.421. The second kappa shape index (κ2) is 9.52. The van der Waals surface area contributed by atoms with E-state index in [9.17, 15) is 19.7 Å². The molecular weight excluding hydrogens is 384 g/mol. The molecule has 0 fully saturated rings. The molecule has 0 bridgehead atoms. The van der Waals surface area contributed by atoms with Crippen molar-refractivity contribution in [2.24, 2.45) is 0 Å². The molecule has 0 aliphatic rings. The fraction of sp³-hybridized carbons (Fsp3) is 0.391. The number of aldehydes is 1. The van der Waals surface area contributed by atoms with Crippen LogP contribution in [0.3, 0.4) is 0 Å². The Morgan fingerprint density at radius 2 is 1.80 bits per heavy atom. The van der Waals surface area contributed by atoms with Crippen LogP contribution in [0.15, 0.2) is 30.3 Å². The number of carbonyl (C=O) groups excluding carboxylic acids is 2. The van der Waals surface area contributed by atoms with Crippen LogP contribution in [0.4, 0.5) is 5.69 Å². The number of aryl methyl sites for hydroxylation is 2. The Bertz CT molecular complexity index is 938. The third kappa shape index (κ3) is 5.89. The number of nitro groups is 1. The molecule has 0 atom stereocenters. The highest BCUT2D eigenvalue weighted by Gasteiger charge is 2.18. The van der Waals surface area contributed by atoms with Gasteiger partial charge in [0.05, 0.1) is 4.92 Å². The lowest BCUT2D eigenvalue weighted by atomic mass is 9.83. The Morgan fingerprint density at radius 1 is 1.17 bits per heavy atom. The van der Waals surface area contributed by atoms with Gasteiger partial charge in [-0.3, -0.25) is 19.7 Å². The lowest BCUT2D eigenvalue weighted by molar-refractivity contribution is -0.385. The maximum Gasteiger partial charge on any atom is 0.311 e. The van der Waals surface area contributed by atoms with Crippen LogP contribution in [0.25, 0.3) is 0 Å². The van der Waals surface area contributed by atoms with E-state index < -0.39 is 4.92 Å². The molecule has 7 nitrogen and oxygen atoms in total. The third-order valence-corrected chi connectivity index (χ3v) is 4.93. The molecule has 0 saturated heterocycles. The normalized spacial score (nSPS) is 11.1. The third-order valence-electron chi connectivity index (χ3n) is 4.93. The van der Waals surface area contributed by atoms with E-state index in [4.69, 9.17) is 4.74 Å². The van der Waals surface area contributed by atoms with Gasteiger partial charge in [0.2, 0.25) is 0 Å². The summed E-state index contributed by atoms with van der Waals surface area (Å²) in [6.07, 6.45) is 1.20. The van der Waals surface area contributed by atoms with Crippen molar-refractivity contribution in [1.82, 2.24) is 5.32 Å². The number of rotatable bonds is 8. The van der Waals surface area contributed by atoms with Gasteiger partial charge in [0.25, 0.3) is 5.91 Å². The van der Waals surface area contributed by atoms with Gasteiger partial charge in [-0.15, -0.1) is 0 Å². The van der Waals surface area contributed by atoms with Crippen molar-refractivity contribution in [3.8, 4) is 5.75 Å². The Hall–Kier alpha value is -3.22. The average Bonchev–Trinajstić information content (AvgIpc) is 2.67. The Balaban J connectivity index is 1.94. The summed E-state index contributed by atoms with van der Waals surface area (Å²) in [5.41, 5.74) is 4.75. The maximum atomic E-state index is 12.1. The summed E-state index contributed by atoms with van der Waals surface area (Å²) < 4.78 is 5.29. The molecule has 30 heavy (non-hydrogen) atoms. The maximum absolute atomic E-state index is 12.1. The van der Waals surface area contributed by atoms with Crippen LogP contribution in [0.5, 0.6) is 5.75 Å². The highest BCUT2D eigenvalue weighted by Crippen LogP contribution is 2.28. The summed E-state index contributed by atoms with van der Waals surface area (Å²) in [6, 6.07) is 8.22. The molecule has 160 valence electrons. The molecule has 0 aromatic heterocycles. The number of hydrogen-bond donors (Lipinski definition) is 1. The first-order chi connectivity index (χ1) is 14.0. The van der Waals surface area contributed by atoms with Crippen LogP contribution in [0.2, 0.25) is 0 Å². The van der Waals surface area contributed by atoms with Gasteiger partial charge in [-0.2, -0.15) is 0 Å². The molecule has 0 aliphatic heterocycles. The lowest BCUT2D eigenvalue weighted by Gasteiger charge is -2.22. The van der Waals surface area contributed by atoms with Crippen molar-refractivity contribution in [3.63, 3.8) is 0 Å². The first kappa shape index (κ1) is 23.1. The van der Waals surface area contributed by atoms with E-state index in [2.05, 4.69) is 52.1 Å². The van der Waals surface area contributed by atoms with Crippen molar-refractivity contribution >= 4 is 17.9 Å². The second-order valence-corrected chi connectivity index (χ2v) is 8.33. The van der Waals surface area contributed by atoms with Gasteiger partial charge in [0.15, 0.2) is 12.4 Å². The average molecular weight is 412 g/mol. The van der Waals surface area contributed by atoms with Crippen molar-refractivity contribution in [2.75, 3.05) is 13.2 Å². The fourth-order valence-electron chi connectivity index (χ4n) is 3.21. The van der Waals surface area contributed by atoms with Crippen molar-refractivity contribution in [2.45, 2.75) is 46.5 Å². The highest BCUT2D eigenvalue weighted by atomic mass is 16.6. The van der Waals surface area contributed by atoms with Crippen LogP contribution in [-0.4, -0.2) is 30.3 Å². The summed E-state index contributed by atoms with van der Waals surface area (Å²) in [5, 5.41) is 13.9. The molecule has 2 aromatic rings. The molecule has 0 radical (unpaired) electrons. The topological polar surface area (TPSA) is 98.5 Å². The molecule has 0 spiro atoms. The summed E-state index contributed by atoms with van der Waals surface area (Å²) in [4.78, 5) is 33.4. The molecule has 0 heterocycles. The SMILES string of the molecule is Cc1cc(C(C)(C)C)cc(C)c1CCNC(=O)COc1ccc(C=O)cc1[N+](=O)[O-]. The molecule has 2 aromatic carbocycles. The lowest BCUT2D eigenvalue weighted by Crippen LogP contribution is -2.31. The molecule has 0 aliphatic carbocycles. The Labute approximate surface area is 176 Å². The van der Waals surface area contributed by atoms with Crippen LogP contribution in [-0.2, 0) is 16.6 Å². The minimum absolute atomic E-state index is 0.0507. The van der Waals surface area contributed by atoms with E-state index in [0.29, 0.717) is 19.3 Å². The minimum atomic E-state index is -0.646. The smallest absolute Gasteiger partial charge is 0.311 e. The van der Waals surface area contributed by atoms with Crippen molar-refractivity contribution < 1.29 is 19.2 Å². The van der Waals surface area contributed by atoms with Crippen LogP contribution in [0, 0.1) is 24.0 Å². The first-order valence-electron chi connectivity index (χ1n) is 9.76. The zero-order valence-corrected chi connectivity index (χ0v) is 18.1. The van der Waals surface area contributed by atoms with E-state index in [1.807, 2.05) is 0 Å². The second-order valence-electron chi connectivity index (χ2n) is 8.33. The van der Waals surface area contributed by atoms with E-state index in [1.54, 1.807) is 0 Å². The fourth-order valence-corrected chi connectivity index (χ4v) is 3.21. The summed E-state index contributed by atoms with van der Waals surface area (Å²) >= 11 is 0. The molecular formula is C23H28N2O5. The standard InChI is InChI=1S/C23H28N2O5/c1-15-10-18(23(3,4)5)11-16(2)19(15)8-9-24-22(27)14-30-21-7-6-17(13-26)12-20(21)25(28)29/h6-7,10-13H,8-9,14H2,1-5H3,(H,24,27). The zero-order chi connectivity index (χ0) is 22.5. The molecule has 7 heteroatoms. The summed E-state index contributed by atoms with van der Waals surface area (Å²) in [6.45, 7) is 10.8. The van der Waals surface area contributed by atoms with E-state index in [0.717, 1.165) is 6.07 Å². The van der Waals surface area contributed by atoms with Gasteiger partial charge in [-0.25, -0.2) is 0 Å². The first-order valence-corrected chi connectivity index (χ1v) is 9.76. The highest BCUT2D eigenvalue weighted by molar-refractivity contribution is 5.79. The zero-order valence-electron chi connectivity index (χ0n) is 18.1. The number of carbonyl (C=O) groups is 2. The molecule has 2 rings (SSSR count). The monoisotopic (exact) mass is 412 g/mol. The number of nitro benzene ring substituents is 1. The van der Waals surface area contributed by atoms with E-state index >= 15 is 0 Å². The molecule has 1 amide bonds. The van der Waals surface area contributed by atoms with E-state index in [-0.39, 0.29) is 34.9 Å². The van der Waals surface area contributed by atoms with Gasteiger partial charge in [0.1, 0.15) is 6.29 Å². The Kier molecular flexibility index (Phi) is 7.32. The number of amides is 1. The van der Waals surface area contributed by atoms with Gasteiger partial charge in [-0.1, -0.05) is 32.9 Å². The molecule has 0 unspecified atom stereocenters. The van der Waals surface area contributed by atoms with Crippen molar-refractivity contribution in [3.05, 3.63) is 68.3 Å². The van der Waals surface area contributed by atoms with Crippen molar-refractivity contribution in [1.29, 1.82) is 0 Å². The molecule has 0 saturated carbocycles. The minimum Gasteiger partial charge on any atom is -0.477 e. The number of benzene rings is 2. The summed E-state index contributed by atoms with van der Waals surface area (Å²) in [7, 11) is 0. The predicted molar refractivity (Wildman–Crippen MR) is 115 cm³/mol. The number of nitrogens with one attached hydrogen (secondary N) is 1. The number of hydrogen-bond acceptors (Lipinski definition) is 5. The van der Waals surface area contributed by atoms with E-state index in [1.165, 1.54) is 34.4 Å². The predicted octanol–water partition coefficient (Wildman–Crippen LogP) is 4.06. The number of ether oxygens (including phenoxy) is 1. The quantitative estimate of drug-likeness (QED) is 0.400. The number of nitrogens with zero attached hydrogens (tertiary/aromatic N) is 1. The van der Waals surface area contributed by atoms with Crippen LogP contribution in [0.1, 0.15) is 53.4 Å². The van der Waals surface area contributed by atoms with Gasteiger partial charge in [0, 0.05) is 18.2 Å². The van der Waals surface area contributed by atoms with Gasteiger partial charge < -0.3 is 10.1 Å². The van der Waals surface area contributed by atoms with Gasteiger partial charge in [-0.05, 0) is 60.1 Å². The van der Waals surface area contributed by atoms with Crippen LogP contribution >= 0.6 is 0 Å². The molecule has 1 N–H and O–H groups in total. The van der Waals surface area contributed by atoms with Crippen LogP contribution < -0.4 is 10.1 Å².